The molecule has 10 heteroatoms. The minimum absolute atomic E-state index is 0.0566. The molecule has 0 saturated heterocycles. The summed E-state index contributed by atoms with van der Waals surface area (Å²) >= 11 is 1.49. The van der Waals surface area contributed by atoms with Gasteiger partial charge in [0.15, 0.2) is 17.4 Å². The van der Waals surface area contributed by atoms with Crippen LogP contribution in [0, 0.1) is 0 Å². The van der Waals surface area contributed by atoms with E-state index in [9.17, 15) is 18.0 Å². The van der Waals surface area contributed by atoms with E-state index in [0.29, 0.717) is 17.1 Å². The number of nitrogens with zero attached hydrogens (tertiary/aromatic N) is 5. The molecule has 0 aromatic carbocycles. The third-order valence-electron chi connectivity index (χ3n) is 3.96. The second kappa shape index (κ2) is 7.70. The first-order chi connectivity index (χ1) is 13.2. The zero-order valence-corrected chi connectivity index (χ0v) is 16.1. The third-order valence-corrected chi connectivity index (χ3v) is 4.87. The van der Waals surface area contributed by atoms with E-state index in [4.69, 9.17) is 0 Å². The molecule has 0 spiro atoms. The van der Waals surface area contributed by atoms with Gasteiger partial charge >= 0.3 is 6.18 Å². The highest BCUT2D eigenvalue weighted by Crippen LogP contribution is 2.33. The highest BCUT2D eigenvalue weighted by molar-refractivity contribution is 7.99. The molecule has 0 atom stereocenters. The van der Waals surface area contributed by atoms with Crippen molar-refractivity contribution in [1.82, 2.24) is 24.7 Å². The predicted octanol–water partition coefficient (Wildman–Crippen LogP) is 4.27. The molecule has 0 N–H and O–H groups in total. The minimum atomic E-state index is -4.48. The van der Waals surface area contributed by atoms with Crippen LogP contribution in [0.3, 0.4) is 0 Å². The van der Waals surface area contributed by atoms with Gasteiger partial charge in [0, 0.05) is 29.9 Å². The first kappa shape index (κ1) is 20.0. The highest BCUT2D eigenvalue weighted by atomic mass is 32.2. The number of aromatic nitrogens is 5. The Bertz CT molecular complexity index is 1030. The molecule has 0 aliphatic heterocycles. The van der Waals surface area contributed by atoms with Gasteiger partial charge in [0.2, 0.25) is 0 Å². The fourth-order valence-corrected chi connectivity index (χ4v) is 3.36. The lowest BCUT2D eigenvalue weighted by atomic mass is 10.2. The number of halogens is 3. The summed E-state index contributed by atoms with van der Waals surface area (Å²) in [6, 6.07) is 3.57. The van der Waals surface area contributed by atoms with Gasteiger partial charge in [-0.05, 0) is 30.9 Å². The van der Waals surface area contributed by atoms with E-state index in [1.807, 2.05) is 6.92 Å². The van der Waals surface area contributed by atoms with Gasteiger partial charge in [0.05, 0.1) is 5.56 Å². The predicted molar refractivity (Wildman–Crippen MR) is 98.9 cm³/mol. The van der Waals surface area contributed by atoms with Crippen LogP contribution in [0.4, 0.5) is 13.2 Å². The third kappa shape index (κ3) is 3.91. The van der Waals surface area contributed by atoms with Gasteiger partial charge in [-0.15, -0.1) is 22.0 Å². The van der Waals surface area contributed by atoms with Crippen LogP contribution < -0.4 is 0 Å². The highest BCUT2D eigenvalue weighted by Gasteiger charge is 2.31. The zero-order valence-electron chi connectivity index (χ0n) is 15.3. The lowest BCUT2D eigenvalue weighted by Gasteiger charge is -2.10. The lowest BCUT2D eigenvalue weighted by molar-refractivity contribution is -0.137. The monoisotopic (exact) mass is 407 g/mol. The van der Waals surface area contributed by atoms with Gasteiger partial charge in [-0.3, -0.25) is 14.8 Å². The van der Waals surface area contributed by atoms with E-state index < -0.39 is 11.7 Å². The van der Waals surface area contributed by atoms with Crippen molar-refractivity contribution in [3.05, 3.63) is 41.7 Å². The van der Waals surface area contributed by atoms with Crippen molar-refractivity contribution >= 4 is 17.5 Å². The number of thioether (sulfide) groups is 1. The van der Waals surface area contributed by atoms with Crippen LogP contribution in [0.15, 0.2) is 35.5 Å². The van der Waals surface area contributed by atoms with E-state index in [2.05, 4.69) is 20.2 Å². The molecule has 0 bridgehead atoms. The van der Waals surface area contributed by atoms with Gasteiger partial charge in [-0.2, -0.15) is 13.2 Å². The van der Waals surface area contributed by atoms with Crippen molar-refractivity contribution in [3.8, 4) is 23.0 Å². The number of carbonyl (C=O) groups excluding carboxylic acids is 1. The Morgan fingerprint density at radius 1 is 1.18 bits per heavy atom. The quantitative estimate of drug-likeness (QED) is 0.465. The molecule has 0 aliphatic carbocycles. The first-order valence-electron chi connectivity index (χ1n) is 8.29. The van der Waals surface area contributed by atoms with Crippen LogP contribution in [-0.2, 0) is 13.2 Å². The standard InChI is InChI=1S/C18H16F3N5OS/c1-4-28-14-7-11(10(2)27)9-23-15(14)17-25-24-16(26(17)3)13-8-12(5-6-22-13)18(19,20)21/h5-9H,4H2,1-3H3. The molecule has 0 unspecified atom stereocenters. The Balaban J connectivity index is 2.08. The maximum atomic E-state index is 13.0. The first-order valence-corrected chi connectivity index (χ1v) is 9.28. The van der Waals surface area contributed by atoms with Crippen molar-refractivity contribution in [2.75, 3.05) is 5.75 Å². The minimum Gasteiger partial charge on any atom is -0.307 e. The second-order valence-electron chi connectivity index (χ2n) is 5.89. The van der Waals surface area contributed by atoms with Crippen LogP contribution in [-0.4, -0.2) is 36.3 Å². The molecule has 0 saturated carbocycles. The summed E-state index contributed by atoms with van der Waals surface area (Å²) in [4.78, 5) is 20.7. The number of Topliss-reactive ketones (excluding diaryl/α,β-unsaturated/α-hetero) is 1. The molecular formula is C18H16F3N5OS. The van der Waals surface area contributed by atoms with Crippen LogP contribution >= 0.6 is 11.8 Å². The summed E-state index contributed by atoms with van der Waals surface area (Å²) in [6.45, 7) is 3.42. The average molecular weight is 407 g/mol. The second-order valence-corrected chi connectivity index (χ2v) is 7.20. The molecule has 3 heterocycles. The summed E-state index contributed by atoms with van der Waals surface area (Å²) in [5, 5.41) is 8.11. The van der Waals surface area contributed by atoms with E-state index in [-0.39, 0.29) is 17.3 Å². The number of ketones is 1. The smallest absolute Gasteiger partial charge is 0.307 e. The molecule has 0 radical (unpaired) electrons. The fourth-order valence-electron chi connectivity index (χ4n) is 2.56. The molecule has 0 amide bonds. The Labute approximate surface area is 163 Å². The van der Waals surface area contributed by atoms with Crippen molar-refractivity contribution in [2.24, 2.45) is 7.05 Å². The van der Waals surface area contributed by atoms with Crippen molar-refractivity contribution in [3.63, 3.8) is 0 Å². The summed E-state index contributed by atoms with van der Waals surface area (Å²) in [5.41, 5.74) is 0.223. The molecule has 3 aromatic rings. The van der Waals surface area contributed by atoms with E-state index in [1.54, 1.807) is 13.1 Å². The van der Waals surface area contributed by atoms with Gasteiger partial charge in [0.25, 0.3) is 0 Å². The van der Waals surface area contributed by atoms with Crippen LogP contribution in [0.1, 0.15) is 29.8 Å². The fraction of sp³-hybridized carbons (Fsp3) is 0.278. The number of hydrogen-bond acceptors (Lipinski definition) is 6. The van der Waals surface area contributed by atoms with E-state index in [0.717, 1.165) is 29.0 Å². The number of carbonyl (C=O) groups is 1. The molecule has 0 aliphatic rings. The van der Waals surface area contributed by atoms with Crippen molar-refractivity contribution in [1.29, 1.82) is 0 Å². The summed E-state index contributed by atoms with van der Waals surface area (Å²) in [6.07, 6.45) is -1.94. The zero-order chi connectivity index (χ0) is 20.5. The molecule has 0 fully saturated rings. The Morgan fingerprint density at radius 2 is 1.89 bits per heavy atom. The van der Waals surface area contributed by atoms with Gasteiger partial charge in [0.1, 0.15) is 11.4 Å². The normalized spacial score (nSPS) is 11.6. The Morgan fingerprint density at radius 3 is 2.54 bits per heavy atom. The van der Waals surface area contributed by atoms with Gasteiger partial charge in [-0.1, -0.05) is 6.92 Å². The maximum absolute atomic E-state index is 13.0. The summed E-state index contributed by atoms with van der Waals surface area (Å²) in [5.74, 6) is 1.20. The number of rotatable bonds is 5. The topological polar surface area (TPSA) is 73.6 Å². The van der Waals surface area contributed by atoms with Crippen molar-refractivity contribution in [2.45, 2.75) is 24.9 Å². The van der Waals surface area contributed by atoms with Crippen molar-refractivity contribution < 1.29 is 18.0 Å². The summed E-state index contributed by atoms with van der Waals surface area (Å²) in [7, 11) is 1.63. The number of pyridine rings is 2. The average Bonchev–Trinajstić information content (AvgIpc) is 3.02. The molecule has 146 valence electrons. The summed E-state index contributed by atoms with van der Waals surface area (Å²) < 4.78 is 40.5. The molecule has 3 aromatic heterocycles. The largest absolute Gasteiger partial charge is 0.416 e. The Kier molecular flexibility index (Phi) is 5.50. The Hall–Kier alpha value is -2.75. The van der Waals surface area contributed by atoms with Crippen LogP contribution in [0.25, 0.3) is 23.0 Å². The molecular weight excluding hydrogens is 391 g/mol. The molecule has 6 nitrogen and oxygen atoms in total. The molecule has 3 rings (SSSR count). The number of hydrogen-bond donors (Lipinski definition) is 0. The SMILES string of the molecule is CCSc1cc(C(C)=O)cnc1-c1nnc(-c2cc(C(F)(F)F)ccn2)n1C. The van der Waals surface area contributed by atoms with Crippen LogP contribution in [0.2, 0.25) is 0 Å². The lowest BCUT2D eigenvalue weighted by Crippen LogP contribution is -2.06. The molecule has 28 heavy (non-hydrogen) atoms. The van der Waals surface area contributed by atoms with Gasteiger partial charge < -0.3 is 4.57 Å². The number of alkyl halides is 3. The van der Waals surface area contributed by atoms with Crippen LogP contribution in [0.5, 0.6) is 0 Å². The maximum Gasteiger partial charge on any atom is 0.416 e. The van der Waals surface area contributed by atoms with Gasteiger partial charge in [-0.25, -0.2) is 0 Å². The van der Waals surface area contributed by atoms with E-state index in [1.165, 1.54) is 29.4 Å². The van der Waals surface area contributed by atoms with E-state index >= 15 is 0 Å².